The summed E-state index contributed by atoms with van der Waals surface area (Å²) in [5.41, 5.74) is 1.21. The summed E-state index contributed by atoms with van der Waals surface area (Å²) < 4.78 is 10.5. The van der Waals surface area contributed by atoms with Gasteiger partial charge in [0.1, 0.15) is 0 Å². The maximum absolute atomic E-state index is 5.29. The van der Waals surface area contributed by atoms with Crippen molar-refractivity contribution in [3.05, 3.63) is 23.8 Å². The largest absolute Gasteiger partial charge is 0.493 e. The molecule has 1 aromatic carbocycles. The van der Waals surface area contributed by atoms with Gasteiger partial charge in [-0.25, -0.2) is 0 Å². The van der Waals surface area contributed by atoms with Gasteiger partial charge in [-0.3, -0.25) is 0 Å². The summed E-state index contributed by atoms with van der Waals surface area (Å²) >= 11 is 1.89. The van der Waals surface area contributed by atoms with Crippen molar-refractivity contribution in [2.75, 3.05) is 32.8 Å². The number of hydrogen-bond donors (Lipinski definition) is 1. The van der Waals surface area contributed by atoms with Gasteiger partial charge >= 0.3 is 0 Å². The molecule has 0 radical (unpaired) electrons. The highest BCUT2D eigenvalue weighted by atomic mass is 32.2. The highest BCUT2D eigenvalue weighted by Gasteiger charge is 2.05. The van der Waals surface area contributed by atoms with E-state index in [9.17, 15) is 0 Å². The summed E-state index contributed by atoms with van der Waals surface area (Å²) in [5.74, 6) is 3.45. The van der Waals surface area contributed by atoms with Crippen LogP contribution >= 0.6 is 11.8 Å². The lowest BCUT2D eigenvalue weighted by Gasteiger charge is -2.13. The zero-order chi connectivity index (χ0) is 13.4. The fraction of sp³-hybridized carbons (Fsp3) is 0.571. The van der Waals surface area contributed by atoms with E-state index in [0.29, 0.717) is 5.92 Å². The van der Waals surface area contributed by atoms with Gasteiger partial charge < -0.3 is 14.8 Å². The maximum atomic E-state index is 5.29. The highest BCUT2D eigenvalue weighted by molar-refractivity contribution is 7.98. The predicted octanol–water partition coefficient (Wildman–Crippen LogP) is 2.79. The average molecular weight is 269 g/mol. The standard InChI is InChI=1S/C14H23NO2S/c1-11(10-18-4)8-15-9-12-5-6-13(16-2)14(7-12)17-3/h5-7,11,15H,8-10H2,1-4H3. The average Bonchev–Trinajstić information content (AvgIpc) is 2.38. The zero-order valence-electron chi connectivity index (χ0n) is 11.7. The van der Waals surface area contributed by atoms with E-state index in [0.717, 1.165) is 24.6 Å². The molecule has 0 heterocycles. The summed E-state index contributed by atoms with van der Waals surface area (Å²) in [5, 5.41) is 3.47. The molecule has 0 saturated heterocycles. The van der Waals surface area contributed by atoms with Crippen LogP contribution in [0, 0.1) is 5.92 Å². The highest BCUT2D eigenvalue weighted by Crippen LogP contribution is 2.27. The Labute approximate surface area is 114 Å². The van der Waals surface area contributed by atoms with Gasteiger partial charge in [0.2, 0.25) is 0 Å². The minimum atomic E-state index is 0.695. The van der Waals surface area contributed by atoms with E-state index in [2.05, 4.69) is 24.6 Å². The van der Waals surface area contributed by atoms with Crippen LogP contribution in [-0.4, -0.2) is 32.8 Å². The molecular formula is C14H23NO2S. The van der Waals surface area contributed by atoms with Crippen molar-refractivity contribution in [1.29, 1.82) is 0 Å². The normalized spacial score (nSPS) is 12.2. The summed E-state index contributed by atoms with van der Waals surface area (Å²) in [4.78, 5) is 0. The van der Waals surface area contributed by atoms with Crippen molar-refractivity contribution < 1.29 is 9.47 Å². The Morgan fingerprint density at radius 1 is 1.22 bits per heavy atom. The van der Waals surface area contributed by atoms with Gasteiger partial charge in [-0.15, -0.1) is 0 Å². The molecule has 0 spiro atoms. The predicted molar refractivity (Wildman–Crippen MR) is 78.8 cm³/mol. The summed E-state index contributed by atoms with van der Waals surface area (Å²) in [6, 6.07) is 6.03. The quantitative estimate of drug-likeness (QED) is 0.786. The van der Waals surface area contributed by atoms with Gasteiger partial charge in [-0.1, -0.05) is 13.0 Å². The van der Waals surface area contributed by atoms with Crippen LogP contribution in [0.15, 0.2) is 18.2 Å². The molecule has 0 saturated carbocycles. The number of ether oxygens (including phenoxy) is 2. The van der Waals surface area contributed by atoms with E-state index in [1.807, 2.05) is 23.9 Å². The lowest BCUT2D eigenvalue weighted by molar-refractivity contribution is 0.354. The maximum Gasteiger partial charge on any atom is 0.161 e. The van der Waals surface area contributed by atoms with E-state index in [4.69, 9.17) is 9.47 Å². The first-order valence-corrected chi connectivity index (χ1v) is 7.51. The van der Waals surface area contributed by atoms with Crippen molar-refractivity contribution >= 4 is 11.8 Å². The first-order valence-electron chi connectivity index (χ1n) is 6.11. The van der Waals surface area contributed by atoms with Gasteiger partial charge in [0.15, 0.2) is 11.5 Å². The van der Waals surface area contributed by atoms with Crippen molar-refractivity contribution in [3.63, 3.8) is 0 Å². The van der Waals surface area contributed by atoms with Crippen LogP contribution in [0.1, 0.15) is 12.5 Å². The summed E-state index contributed by atoms with van der Waals surface area (Å²) in [7, 11) is 3.31. The van der Waals surface area contributed by atoms with Crippen molar-refractivity contribution in [2.24, 2.45) is 5.92 Å². The van der Waals surface area contributed by atoms with Gasteiger partial charge in [0, 0.05) is 6.54 Å². The molecule has 0 fully saturated rings. The Bertz CT molecular complexity index is 358. The van der Waals surface area contributed by atoms with Crippen molar-refractivity contribution in [2.45, 2.75) is 13.5 Å². The second-order valence-corrected chi connectivity index (χ2v) is 5.29. The fourth-order valence-electron chi connectivity index (χ4n) is 1.80. The fourth-order valence-corrected chi connectivity index (χ4v) is 2.48. The minimum Gasteiger partial charge on any atom is -0.493 e. The molecule has 0 aliphatic carbocycles. The second-order valence-electron chi connectivity index (χ2n) is 4.38. The topological polar surface area (TPSA) is 30.5 Å². The van der Waals surface area contributed by atoms with E-state index in [1.165, 1.54) is 11.3 Å². The molecule has 0 amide bonds. The molecule has 3 nitrogen and oxygen atoms in total. The van der Waals surface area contributed by atoms with Crippen LogP contribution in [-0.2, 0) is 6.54 Å². The second kappa shape index (κ2) is 8.27. The van der Waals surface area contributed by atoms with E-state index in [1.54, 1.807) is 14.2 Å². The lowest BCUT2D eigenvalue weighted by Crippen LogP contribution is -2.22. The number of hydrogen-bond acceptors (Lipinski definition) is 4. The third-order valence-electron chi connectivity index (χ3n) is 2.72. The Hall–Kier alpha value is -0.870. The molecular weight excluding hydrogens is 246 g/mol. The van der Waals surface area contributed by atoms with Crippen molar-refractivity contribution in [1.82, 2.24) is 5.32 Å². The molecule has 1 N–H and O–H groups in total. The molecule has 1 atom stereocenters. The number of rotatable bonds is 8. The van der Waals surface area contributed by atoms with Crippen LogP contribution in [0.4, 0.5) is 0 Å². The van der Waals surface area contributed by atoms with E-state index >= 15 is 0 Å². The first-order chi connectivity index (χ1) is 8.71. The van der Waals surface area contributed by atoms with E-state index in [-0.39, 0.29) is 0 Å². The van der Waals surface area contributed by atoms with E-state index < -0.39 is 0 Å². The number of methoxy groups -OCH3 is 2. The molecule has 18 heavy (non-hydrogen) atoms. The molecule has 4 heteroatoms. The molecule has 0 aliphatic heterocycles. The molecule has 1 aromatic rings. The third kappa shape index (κ3) is 4.78. The van der Waals surface area contributed by atoms with Gasteiger partial charge in [-0.05, 0) is 42.2 Å². The SMILES string of the molecule is COc1ccc(CNCC(C)CSC)cc1OC. The first kappa shape index (κ1) is 15.2. The van der Waals surface area contributed by atoms with Crippen LogP contribution < -0.4 is 14.8 Å². The van der Waals surface area contributed by atoms with Gasteiger partial charge in [0.25, 0.3) is 0 Å². The van der Waals surface area contributed by atoms with Gasteiger partial charge in [0.05, 0.1) is 14.2 Å². The number of benzene rings is 1. The van der Waals surface area contributed by atoms with Crippen LogP contribution in [0.5, 0.6) is 11.5 Å². The molecule has 0 bridgehead atoms. The van der Waals surface area contributed by atoms with Crippen molar-refractivity contribution in [3.8, 4) is 11.5 Å². The molecule has 1 rings (SSSR count). The van der Waals surface area contributed by atoms with Crippen LogP contribution in [0.25, 0.3) is 0 Å². The zero-order valence-corrected chi connectivity index (χ0v) is 12.5. The molecule has 0 aromatic heterocycles. The van der Waals surface area contributed by atoms with Crippen LogP contribution in [0.2, 0.25) is 0 Å². The Morgan fingerprint density at radius 2 is 1.94 bits per heavy atom. The van der Waals surface area contributed by atoms with Gasteiger partial charge in [-0.2, -0.15) is 11.8 Å². The monoisotopic (exact) mass is 269 g/mol. The molecule has 0 aliphatic rings. The Morgan fingerprint density at radius 3 is 2.56 bits per heavy atom. The number of nitrogens with one attached hydrogen (secondary N) is 1. The number of thioether (sulfide) groups is 1. The third-order valence-corrected chi connectivity index (χ3v) is 3.62. The smallest absolute Gasteiger partial charge is 0.161 e. The summed E-state index contributed by atoms with van der Waals surface area (Å²) in [6.07, 6.45) is 2.14. The molecule has 1 unspecified atom stereocenters. The Balaban J connectivity index is 2.47. The van der Waals surface area contributed by atoms with Crippen LogP contribution in [0.3, 0.4) is 0 Å². The lowest BCUT2D eigenvalue weighted by atomic mass is 10.2. The molecule has 102 valence electrons. The minimum absolute atomic E-state index is 0.695. The summed E-state index contributed by atoms with van der Waals surface area (Å²) in [6.45, 7) is 4.16. The Kier molecular flexibility index (Phi) is 6.98.